The van der Waals surface area contributed by atoms with Crippen LogP contribution in [0.2, 0.25) is 0 Å². The highest BCUT2D eigenvalue weighted by Gasteiger charge is 2.28. The number of amides is 1. The van der Waals surface area contributed by atoms with Gasteiger partial charge in [0.1, 0.15) is 5.82 Å². The van der Waals surface area contributed by atoms with Crippen molar-refractivity contribution in [1.82, 2.24) is 29.6 Å². The maximum Gasteiger partial charge on any atom is 0.250 e. The number of pyridine rings is 1. The monoisotopic (exact) mass is 456 g/mol. The van der Waals surface area contributed by atoms with Crippen LogP contribution in [-0.4, -0.2) is 48.6 Å². The first-order chi connectivity index (χ1) is 16.7. The minimum absolute atomic E-state index is 0.0954. The van der Waals surface area contributed by atoms with Crippen LogP contribution < -0.4 is 0 Å². The predicted octanol–water partition coefficient (Wildman–Crippen LogP) is 4.20. The highest BCUT2D eigenvalue weighted by atomic mass is 19.1. The van der Waals surface area contributed by atoms with Gasteiger partial charge in [0.05, 0.1) is 11.4 Å². The third-order valence-corrected chi connectivity index (χ3v) is 6.13. The first-order valence-corrected chi connectivity index (χ1v) is 11.5. The van der Waals surface area contributed by atoms with Crippen LogP contribution in [0, 0.1) is 5.82 Å². The van der Waals surface area contributed by atoms with Gasteiger partial charge in [-0.1, -0.05) is 6.07 Å². The van der Waals surface area contributed by atoms with Crippen LogP contribution in [0.5, 0.6) is 0 Å². The summed E-state index contributed by atoms with van der Waals surface area (Å²) in [5.41, 5.74) is 3.41. The number of halogens is 1. The van der Waals surface area contributed by atoms with Gasteiger partial charge in [-0.05, 0) is 67.8 Å². The van der Waals surface area contributed by atoms with Crippen molar-refractivity contribution in [3.8, 4) is 17.2 Å². The van der Waals surface area contributed by atoms with Gasteiger partial charge >= 0.3 is 0 Å². The van der Waals surface area contributed by atoms with Crippen LogP contribution in [0.3, 0.4) is 0 Å². The van der Waals surface area contributed by atoms with Crippen molar-refractivity contribution >= 4 is 5.91 Å². The quantitative estimate of drug-likeness (QED) is 0.435. The number of aryl methyl sites for hydroxylation is 1. The molecule has 0 spiro atoms. The van der Waals surface area contributed by atoms with Crippen molar-refractivity contribution in [2.75, 3.05) is 13.1 Å². The predicted molar refractivity (Wildman–Crippen MR) is 126 cm³/mol. The zero-order chi connectivity index (χ0) is 23.3. The lowest BCUT2D eigenvalue weighted by atomic mass is 9.93. The van der Waals surface area contributed by atoms with Gasteiger partial charge in [0, 0.05) is 55.3 Å². The molecule has 34 heavy (non-hydrogen) atoms. The largest absolute Gasteiger partial charge is 0.342 e. The van der Waals surface area contributed by atoms with Crippen molar-refractivity contribution in [2.24, 2.45) is 0 Å². The summed E-state index contributed by atoms with van der Waals surface area (Å²) in [6, 6.07) is 15.8. The van der Waals surface area contributed by atoms with Crippen LogP contribution in [0.15, 0.2) is 73.2 Å². The topological polar surface area (TPSA) is 76.8 Å². The Hall–Kier alpha value is -3.94. The highest BCUT2D eigenvalue weighted by molar-refractivity contribution is 5.76. The van der Waals surface area contributed by atoms with Crippen molar-refractivity contribution in [3.63, 3.8) is 0 Å². The number of piperidine rings is 1. The van der Waals surface area contributed by atoms with E-state index in [4.69, 9.17) is 5.10 Å². The highest BCUT2D eigenvalue weighted by Crippen LogP contribution is 2.31. The lowest BCUT2D eigenvalue weighted by molar-refractivity contribution is -0.132. The molecular formula is C26H25FN6O. The van der Waals surface area contributed by atoms with E-state index in [1.807, 2.05) is 29.2 Å². The molecule has 8 heteroatoms. The summed E-state index contributed by atoms with van der Waals surface area (Å²) < 4.78 is 15.2. The number of hydrogen-bond donors (Lipinski definition) is 0. The van der Waals surface area contributed by atoms with Crippen LogP contribution in [0.1, 0.15) is 36.6 Å². The van der Waals surface area contributed by atoms with E-state index in [1.165, 1.54) is 12.1 Å². The maximum atomic E-state index is 13.4. The summed E-state index contributed by atoms with van der Waals surface area (Å²) in [5, 5.41) is 4.76. The summed E-state index contributed by atoms with van der Waals surface area (Å²) in [6.45, 7) is 1.36. The molecular weight excluding hydrogens is 431 g/mol. The van der Waals surface area contributed by atoms with Crippen molar-refractivity contribution in [3.05, 3.63) is 90.4 Å². The molecule has 1 aliphatic heterocycles. The standard InChI is InChI=1S/C26H25FN6O/c27-21-9-7-19(8-10-21)23-17-24(33(31-23)26-29-14-4-15-30-26)20-5-3-16-32(18-20)25(34)12-11-22-6-1-2-13-28-22/h1-2,4,6-10,13-15,17,20H,3,5,11-12,16,18H2. The second-order valence-corrected chi connectivity index (χ2v) is 8.42. The molecule has 0 radical (unpaired) electrons. The zero-order valence-corrected chi connectivity index (χ0v) is 18.7. The average molecular weight is 457 g/mol. The van der Waals surface area contributed by atoms with Gasteiger partial charge in [-0.3, -0.25) is 9.78 Å². The Bertz CT molecular complexity index is 1240. The van der Waals surface area contributed by atoms with Gasteiger partial charge < -0.3 is 4.90 Å². The molecule has 1 saturated heterocycles. The van der Waals surface area contributed by atoms with Gasteiger partial charge in [0.2, 0.25) is 5.91 Å². The van der Waals surface area contributed by atoms with Crippen LogP contribution in [0.4, 0.5) is 4.39 Å². The van der Waals surface area contributed by atoms with Gasteiger partial charge in [0.15, 0.2) is 0 Å². The summed E-state index contributed by atoms with van der Waals surface area (Å²) in [7, 11) is 0. The van der Waals surface area contributed by atoms with Crippen molar-refractivity contribution in [1.29, 1.82) is 0 Å². The minimum atomic E-state index is -0.290. The summed E-state index contributed by atoms with van der Waals surface area (Å²) >= 11 is 0. The molecule has 1 aromatic carbocycles. The Kier molecular flexibility index (Phi) is 6.38. The fourth-order valence-corrected chi connectivity index (χ4v) is 4.39. The van der Waals surface area contributed by atoms with Gasteiger partial charge in [-0.15, -0.1) is 0 Å². The molecule has 4 aromatic rings. The third-order valence-electron chi connectivity index (χ3n) is 6.13. The number of aromatic nitrogens is 5. The van der Waals surface area contributed by atoms with E-state index in [-0.39, 0.29) is 17.6 Å². The number of likely N-dealkylation sites (tertiary alicyclic amines) is 1. The van der Waals surface area contributed by atoms with Gasteiger partial charge in [-0.2, -0.15) is 5.10 Å². The number of carbonyl (C=O) groups is 1. The number of nitrogens with zero attached hydrogens (tertiary/aromatic N) is 6. The molecule has 1 amide bonds. The number of rotatable bonds is 6. The molecule has 172 valence electrons. The molecule has 0 saturated carbocycles. The molecule has 4 heterocycles. The molecule has 1 aliphatic rings. The first kappa shape index (κ1) is 21.9. The minimum Gasteiger partial charge on any atom is -0.342 e. The van der Waals surface area contributed by atoms with Crippen LogP contribution in [0.25, 0.3) is 17.2 Å². The van der Waals surface area contributed by atoms with E-state index in [0.29, 0.717) is 25.3 Å². The first-order valence-electron chi connectivity index (χ1n) is 11.5. The molecule has 3 aromatic heterocycles. The van der Waals surface area contributed by atoms with Crippen LogP contribution >= 0.6 is 0 Å². The Morgan fingerprint density at radius 3 is 2.56 bits per heavy atom. The maximum absolute atomic E-state index is 13.4. The van der Waals surface area contributed by atoms with E-state index in [0.717, 1.165) is 42.0 Å². The van der Waals surface area contributed by atoms with Gasteiger partial charge in [0.25, 0.3) is 5.95 Å². The number of benzene rings is 1. The van der Waals surface area contributed by atoms with E-state index in [2.05, 4.69) is 15.0 Å². The summed E-state index contributed by atoms with van der Waals surface area (Å²) in [5.74, 6) is 0.417. The molecule has 0 N–H and O–H groups in total. The van der Waals surface area contributed by atoms with E-state index in [1.54, 1.807) is 41.5 Å². The number of hydrogen-bond acceptors (Lipinski definition) is 5. The molecule has 5 rings (SSSR count). The van der Waals surface area contributed by atoms with E-state index in [9.17, 15) is 9.18 Å². The van der Waals surface area contributed by atoms with Crippen molar-refractivity contribution in [2.45, 2.75) is 31.6 Å². The molecule has 1 atom stereocenters. The van der Waals surface area contributed by atoms with Crippen molar-refractivity contribution < 1.29 is 9.18 Å². The SMILES string of the molecule is O=C(CCc1ccccn1)N1CCCC(c2cc(-c3ccc(F)cc3)nn2-c2ncccn2)C1. The smallest absolute Gasteiger partial charge is 0.250 e. The fourth-order valence-electron chi connectivity index (χ4n) is 4.39. The summed E-state index contributed by atoms with van der Waals surface area (Å²) in [4.78, 5) is 28.0. The Balaban J connectivity index is 1.39. The molecule has 0 aliphatic carbocycles. The lowest BCUT2D eigenvalue weighted by Gasteiger charge is -2.33. The summed E-state index contributed by atoms with van der Waals surface area (Å²) in [6.07, 6.45) is 8.02. The zero-order valence-electron chi connectivity index (χ0n) is 18.7. The Morgan fingerprint density at radius 1 is 1.00 bits per heavy atom. The molecule has 1 unspecified atom stereocenters. The fraction of sp³-hybridized carbons (Fsp3) is 0.269. The molecule has 1 fully saturated rings. The normalized spacial score (nSPS) is 15.9. The average Bonchev–Trinajstić information content (AvgIpc) is 3.34. The number of carbonyl (C=O) groups excluding carboxylic acids is 1. The Labute approximate surface area is 197 Å². The van der Waals surface area contributed by atoms with E-state index < -0.39 is 0 Å². The molecule has 7 nitrogen and oxygen atoms in total. The second-order valence-electron chi connectivity index (χ2n) is 8.42. The molecule has 0 bridgehead atoms. The van der Waals surface area contributed by atoms with Crippen LogP contribution in [-0.2, 0) is 11.2 Å². The van der Waals surface area contributed by atoms with E-state index >= 15 is 0 Å². The lowest BCUT2D eigenvalue weighted by Crippen LogP contribution is -2.39. The second kappa shape index (κ2) is 9.91. The van der Waals surface area contributed by atoms with Gasteiger partial charge in [-0.25, -0.2) is 19.0 Å². The third kappa shape index (κ3) is 4.85. The Morgan fingerprint density at radius 2 is 1.79 bits per heavy atom.